The Bertz CT molecular complexity index is 404. The van der Waals surface area contributed by atoms with Gasteiger partial charge in [0.05, 0.1) is 19.8 Å². The zero-order valence-electron chi connectivity index (χ0n) is 11.2. The molecular formula is C12H21N3O3. The van der Waals surface area contributed by atoms with Gasteiger partial charge in [-0.15, -0.1) is 0 Å². The summed E-state index contributed by atoms with van der Waals surface area (Å²) in [6.07, 6.45) is 3.31. The summed E-state index contributed by atoms with van der Waals surface area (Å²) in [5, 5.41) is 2.97. The average molecular weight is 255 g/mol. The van der Waals surface area contributed by atoms with Crippen molar-refractivity contribution in [2.45, 2.75) is 19.9 Å². The molecule has 1 aromatic rings. The van der Waals surface area contributed by atoms with Crippen molar-refractivity contribution >= 4 is 5.82 Å². The molecule has 0 radical (unpaired) electrons. The van der Waals surface area contributed by atoms with E-state index in [4.69, 9.17) is 9.47 Å². The summed E-state index contributed by atoms with van der Waals surface area (Å²) in [5.41, 5.74) is -0.107. The maximum Gasteiger partial charge on any atom is 0.293 e. The van der Waals surface area contributed by atoms with Gasteiger partial charge in [-0.1, -0.05) is 0 Å². The van der Waals surface area contributed by atoms with Gasteiger partial charge in [0.25, 0.3) is 5.56 Å². The molecule has 0 aliphatic heterocycles. The smallest absolute Gasteiger partial charge is 0.293 e. The van der Waals surface area contributed by atoms with Crippen LogP contribution in [0.3, 0.4) is 0 Å². The van der Waals surface area contributed by atoms with E-state index in [0.717, 1.165) is 0 Å². The van der Waals surface area contributed by atoms with Crippen molar-refractivity contribution in [3.63, 3.8) is 0 Å². The molecule has 0 aliphatic rings. The van der Waals surface area contributed by atoms with Crippen LogP contribution in [-0.4, -0.2) is 43.0 Å². The molecular weight excluding hydrogens is 234 g/mol. The summed E-state index contributed by atoms with van der Waals surface area (Å²) in [7, 11) is 1.63. The van der Waals surface area contributed by atoms with Gasteiger partial charge in [-0.2, -0.15) is 0 Å². The quantitative estimate of drug-likeness (QED) is 0.699. The number of anilines is 1. The molecule has 0 spiro atoms. The van der Waals surface area contributed by atoms with Gasteiger partial charge in [0, 0.05) is 32.1 Å². The summed E-state index contributed by atoms with van der Waals surface area (Å²) in [6.45, 7) is 6.10. The fourth-order valence-electron chi connectivity index (χ4n) is 1.44. The maximum atomic E-state index is 12.0. The SMILES string of the molecule is COCCOCCNc1nccn(C(C)C)c1=O. The van der Waals surface area contributed by atoms with Crippen molar-refractivity contribution in [1.29, 1.82) is 0 Å². The molecule has 6 nitrogen and oxygen atoms in total. The second kappa shape index (κ2) is 7.84. The van der Waals surface area contributed by atoms with Crippen LogP contribution in [0.5, 0.6) is 0 Å². The fourth-order valence-corrected chi connectivity index (χ4v) is 1.44. The number of nitrogens with zero attached hydrogens (tertiary/aromatic N) is 2. The monoisotopic (exact) mass is 255 g/mol. The lowest BCUT2D eigenvalue weighted by molar-refractivity contribution is 0.0759. The molecule has 0 aliphatic carbocycles. The van der Waals surface area contributed by atoms with Crippen LogP contribution in [0.25, 0.3) is 0 Å². The molecule has 1 rings (SSSR count). The van der Waals surface area contributed by atoms with E-state index in [1.807, 2.05) is 13.8 Å². The molecule has 1 N–H and O–H groups in total. The Hall–Kier alpha value is -1.40. The van der Waals surface area contributed by atoms with Crippen molar-refractivity contribution < 1.29 is 9.47 Å². The number of rotatable bonds is 8. The number of hydrogen-bond donors (Lipinski definition) is 1. The van der Waals surface area contributed by atoms with Gasteiger partial charge in [-0.25, -0.2) is 4.98 Å². The molecule has 0 saturated carbocycles. The second-order valence-electron chi connectivity index (χ2n) is 4.11. The summed E-state index contributed by atoms with van der Waals surface area (Å²) in [4.78, 5) is 16.0. The molecule has 0 amide bonds. The number of ether oxygens (including phenoxy) is 2. The minimum atomic E-state index is -0.107. The third kappa shape index (κ3) is 4.46. The Morgan fingerprint density at radius 3 is 2.83 bits per heavy atom. The predicted molar refractivity (Wildman–Crippen MR) is 70.1 cm³/mol. The standard InChI is InChI=1S/C12H21N3O3/c1-10(2)15-6-4-13-11(12(15)16)14-5-7-18-9-8-17-3/h4,6,10H,5,7-9H2,1-3H3,(H,13,14). The van der Waals surface area contributed by atoms with E-state index in [-0.39, 0.29) is 11.6 Å². The molecule has 0 unspecified atom stereocenters. The van der Waals surface area contributed by atoms with Crippen molar-refractivity contribution in [2.75, 3.05) is 38.8 Å². The Kier molecular flexibility index (Phi) is 6.38. The average Bonchev–Trinajstić information content (AvgIpc) is 2.35. The predicted octanol–water partition coefficient (Wildman–Crippen LogP) is 0.899. The lowest BCUT2D eigenvalue weighted by Crippen LogP contribution is -2.26. The van der Waals surface area contributed by atoms with Crippen LogP contribution in [0.2, 0.25) is 0 Å². The first-order chi connectivity index (χ1) is 8.66. The zero-order valence-corrected chi connectivity index (χ0v) is 11.2. The Morgan fingerprint density at radius 1 is 1.39 bits per heavy atom. The fraction of sp³-hybridized carbons (Fsp3) is 0.667. The third-order valence-corrected chi connectivity index (χ3v) is 2.39. The highest BCUT2D eigenvalue weighted by atomic mass is 16.5. The molecule has 0 fully saturated rings. The molecule has 6 heteroatoms. The van der Waals surface area contributed by atoms with Crippen molar-refractivity contribution in [1.82, 2.24) is 9.55 Å². The van der Waals surface area contributed by atoms with Crippen LogP contribution in [0, 0.1) is 0 Å². The van der Waals surface area contributed by atoms with Crippen molar-refractivity contribution in [3.8, 4) is 0 Å². The van der Waals surface area contributed by atoms with E-state index < -0.39 is 0 Å². The summed E-state index contributed by atoms with van der Waals surface area (Å²) < 4.78 is 11.8. The molecule has 102 valence electrons. The van der Waals surface area contributed by atoms with Crippen molar-refractivity contribution in [3.05, 3.63) is 22.7 Å². The molecule has 0 bridgehead atoms. The van der Waals surface area contributed by atoms with Crippen LogP contribution in [0.4, 0.5) is 5.82 Å². The summed E-state index contributed by atoms with van der Waals surface area (Å²) >= 11 is 0. The van der Waals surface area contributed by atoms with Gasteiger partial charge >= 0.3 is 0 Å². The van der Waals surface area contributed by atoms with Gasteiger partial charge in [0.1, 0.15) is 0 Å². The molecule has 0 aromatic carbocycles. The highest BCUT2D eigenvalue weighted by Crippen LogP contribution is 2.00. The number of aromatic nitrogens is 2. The van der Waals surface area contributed by atoms with Crippen LogP contribution < -0.4 is 10.9 Å². The summed E-state index contributed by atoms with van der Waals surface area (Å²) in [6, 6.07) is 0.124. The minimum absolute atomic E-state index is 0.107. The van der Waals surface area contributed by atoms with Crippen LogP contribution >= 0.6 is 0 Å². The lowest BCUT2D eigenvalue weighted by Gasteiger charge is -2.11. The Labute approximate surface area is 107 Å². The van der Waals surface area contributed by atoms with E-state index in [0.29, 0.717) is 32.2 Å². The molecule has 0 saturated heterocycles. The normalized spacial score (nSPS) is 10.9. The highest BCUT2D eigenvalue weighted by molar-refractivity contribution is 5.30. The van der Waals surface area contributed by atoms with Gasteiger partial charge in [0.15, 0.2) is 5.82 Å². The Balaban J connectivity index is 2.43. The highest BCUT2D eigenvalue weighted by Gasteiger charge is 2.06. The van der Waals surface area contributed by atoms with Crippen LogP contribution in [0.1, 0.15) is 19.9 Å². The first-order valence-corrected chi connectivity index (χ1v) is 6.04. The first kappa shape index (κ1) is 14.7. The van der Waals surface area contributed by atoms with Gasteiger partial charge in [0.2, 0.25) is 0 Å². The maximum absolute atomic E-state index is 12.0. The van der Waals surface area contributed by atoms with Crippen LogP contribution in [0.15, 0.2) is 17.2 Å². The molecule has 0 atom stereocenters. The Morgan fingerprint density at radius 2 is 2.17 bits per heavy atom. The van der Waals surface area contributed by atoms with E-state index in [1.54, 1.807) is 24.1 Å². The number of methoxy groups -OCH3 is 1. The molecule has 1 aromatic heterocycles. The number of nitrogens with one attached hydrogen (secondary N) is 1. The number of hydrogen-bond acceptors (Lipinski definition) is 5. The topological polar surface area (TPSA) is 65.4 Å². The zero-order chi connectivity index (χ0) is 13.4. The molecule has 1 heterocycles. The van der Waals surface area contributed by atoms with Crippen LogP contribution in [-0.2, 0) is 9.47 Å². The minimum Gasteiger partial charge on any atom is -0.382 e. The lowest BCUT2D eigenvalue weighted by atomic mass is 10.4. The van der Waals surface area contributed by atoms with E-state index in [9.17, 15) is 4.79 Å². The molecule has 18 heavy (non-hydrogen) atoms. The van der Waals surface area contributed by atoms with Gasteiger partial charge < -0.3 is 19.4 Å². The largest absolute Gasteiger partial charge is 0.382 e. The van der Waals surface area contributed by atoms with E-state index in [1.165, 1.54) is 0 Å². The van der Waals surface area contributed by atoms with E-state index in [2.05, 4.69) is 10.3 Å². The third-order valence-electron chi connectivity index (χ3n) is 2.39. The van der Waals surface area contributed by atoms with Crippen molar-refractivity contribution in [2.24, 2.45) is 0 Å². The van der Waals surface area contributed by atoms with E-state index >= 15 is 0 Å². The summed E-state index contributed by atoms with van der Waals surface area (Å²) in [5.74, 6) is 0.363. The second-order valence-corrected chi connectivity index (χ2v) is 4.11. The first-order valence-electron chi connectivity index (χ1n) is 6.04. The van der Waals surface area contributed by atoms with Gasteiger partial charge in [-0.3, -0.25) is 4.79 Å². The van der Waals surface area contributed by atoms with Gasteiger partial charge in [-0.05, 0) is 13.8 Å².